The van der Waals surface area contributed by atoms with E-state index in [2.05, 4.69) is 27.1 Å². The molecule has 1 aromatic heterocycles. The number of methoxy groups -OCH3 is 1. The van der Waals surface area contributed by atoms with Gasteiger partial charge in [-0.15, -0.1) is 0 Å². The first-order chi connectivity index (χ1) is 13.5. The normalized spacial score (nSPS) is 14.6. The number of anilines is 1. The second-order valence-electron chi connectivity index (χ2n) is 7.23. The fraction of sp³-hybridized carbons (Fsp3) is 0.476. The summed E-state index contributed by atoms with van der Waals surface area (Å²) in [5, 5.41) is 2.85. The maximum absolute atomic E-state index is 12.1. The zero-order valence-electron chi connectivity index (χ0n) is 16.8. The minimum absolute atomic E-state index is 0.0803. The first-order valence-corrected chi connectivity index (χ1v) is 9.66. The zero-order valence-corrected chi connectivity index (χ0v) is 16.8. The molecule has 0 aliphatic carbocycles. The van der Waals surface area contributed by atoms with Crippen molar-refractivity contribution >= 4 is 11.9 Å². The van der Waals surface area contributed by atoms with Crippen LogP contribution in [-0.2, 0) is 11.3 Å². The highest BCUT2D eigenvalue weighted by Crippen LogP contribution is 2.22. The Balaban J connectivity index is 1.51. The molecule has 2 heterocycles. The van der Waals surface area contributed by atoms with Crippen molar-refractivity contribution in [3.63, 3.8) is 0 Å². The Hall–Kier alpha value is -2.83. The van der Waals surface area contributed by atoms with Crippen LogP contribution in [0.1, 0.15) is 31.0 Å². The molecule has 28 heavy (non-hydrogen) atoms. The number of carbonyl (C=O) groups is 1. The number of aryl methyl sites for hydroxylation is 1. The molecule has 1 aromatic carbocycles. The topological polar surface area (TPSA) is 76.6 Å². The second kappa shape index (κ2) is 9.39. The van der Waals surface area contributed by atoms with Gasteiger partial charge < -0.3 is 19.7 Å². The van der Waals surface area contributed by atoms with Gasteiger partial charge in [-0.25, -0.2) is 4.98 Å². The number of nitrogens with one attached hydrogen (secondary N) is 1. The molecule has 1 aliphatic rings. The summed E-state index contributed by atoms with van der Waals surface area (Å²) in [6.07, 6.45) is 2.28. The van der Waals surface area contributed by atoms with E-state index >= 15 is 0 Å². The minimum Gasteiger partial charge on any atom is -0.497 e. The van der Waals surface area contributed by atoms with Gasteiger partial charge in [0.25, 0.3) is 5.91 Å². The van der Waals surface area contributed by atoms with Crippen LogP contribution >= 0.6 is 0 Å². The van der Waals surface area contributed by atoms with E-state index in [1.54, 1.807) is 13.2 Å². The first kappa shape index (κ1) is 19.9. The van der Waals surface area contributed by atoms with Crippen molar-refractivity contribution in [1.82, 2.24) is 15.3 Å². The fourth-order valence-electron chi connectivity index (χ4n) is 3.08. The van der Waals surface area contributed by atoms with Crippen LogP contribution in [0.5, 0.6) is 11.6 Å². The van der Waals surface area contributed by atoms with Crippen molar-refractivity contribution in [1.29, 1.82) is 0 Å². The van der Waals surface area contributed by atoms with Crippen LogP contribution in [0.2, 0.25) is 0 Å². The number of benzene rings is 1. The molecule has 1 N–H and O–H groups in total. The number of hydrogen-bond acceptors (Lipinski definition) is 6. The van der Waals surface area contributed by atoms with Crippen molar-refractivity contribution in [2.75, 3.05) is 31.7 Å². The lowest BCUT2D eigenvalue weighted by molar-refractivity contribution is -0.123. The molecule has 0 unspecified atom stereocenters. The van der Waals surface area contributed by atoms with Gasteiger partial charge in [0.2, 0.25) is 11.8 Å². The van der Waals surface area contributed by atoms with E-state index in [-0.39, 0.29) is 12.5 Å². The largest absolute Gasteiger partial charge is 0.497 e. The molecule has 0 atom stereocenters. The number of carbonyl (C=O) groups excluding carboxylic acids is 1. The van der Waals surface area contributed by atoms with E-state index in [1.807, 2.05) is 31.2 Å². The number of ether oxygens (including phenoxy) is 2. The summed E-state index contributed by atoms with van der Waals surface area (Å²) in [4.78, 5) is 23.3. The monoisotopic (exact) mass is 384 g/mol. The lowest BCUT2D eigenvalue weighted by Gasteiger charge is -2.30. The molecular weight excluding hydrogens is 356 g/mol. The van der Waals surface area contributed by atoms with Gasteiger partial charge in [-0.05, 0) is 43.4 Å². The standard InChI is InChI=1S/C21H28N4O3/c1-15-8-10-25(11-9-15)21-23-16(2)12-20(24-21)28-14-19(26)22-13-17-4-6-18(27-3)7-5-17/h4-7,12,15H,8-11,13-14H2,1-3H3,(H,22,26). The molecule has 7 heteroatoms. The summed E-state index contributed by atoms with van der Waals surface area (Å²) in [5.41, 5.74) is 1.82. The Bertz CT molecular complexity index is 787. The number of amides is 1. The van der Waals surface area contributed by atoms with Crippen LogP contribution in [0, 0.1) is 12.8 Å². The number of piperidine rings is 1. The van der Waals surface area contributed by atoms with Crippen molar-refractivity contribution in [2.45, 2.75) is 33.2 Å². The molecule has 0 bridgehead atoms. The molecule has 0 saturated carbocycles. The van der Waals surface area contributed by atoms with Crippen molar-refractivity contribution < 1.29 is 14.3 Å². The van der Waals surface area contributed by atoms with Gasteiger partial charge in [-0.1, -0.05) is 19.1 Å². The number of nitrogens with zero attached hydrogens (tertiary/aromatic N) is 3. The first-order valence-electron chi connectivity index (χ1n) is 9.66. The van der Waals surface area contributed by atoms with Crippen molar-refractivity contribution in [2.24, 2.45) is 5.92 Å². The molecule has 3 rings (SSSR count). The van der Waals surface area contributed by atoms with Gasteiger partial charge in [0.1, 0.15) is 5.75 Å². The van der Waals surface area contributed by atoms with E-state index in [0.717, 1.165) is 48.9 Å². The maximum Gasteiger partial charge on any atom is 0.258 e. The summed E-state index contributed by atoms with van der Waals surface area (Å²) in [6, 6.07) is 9.32. The van der Waals surface area contributed by atoms with Crippen LogP contribution in [0.3, 0.4) is 0 Å². The highest BCUT2D eigenvalue weighted by atomic mass is 16.5. The average molecular weight is 384 g/mol. The Labute approximate surface area is 166 Å². The predicted molar refractivity (Wildman–Crippen MR) is 108 cm³/mol. The van der Waals surface area contributed by atoms with Gasteiger partial charge in [0, 0.05) is 31.4 Å². The maximum atomic E-state index is 12.1. The predicted octanol–water partition coefficient (Wildman–Crippen LogP) is 2.73. The number of rotatable bonds is 7. The molecule has 1 aliphatic heterocycles. The Morgan fingerprint density at radius 2 is 1.93 bits per heavy atom. The van der Waals surface area contributed by atoms with E-state index in [9.17, 15) is 4.79 Å². The fourth-order valence-corrected chi connectivity index (χ4v) is 3.08. The molecule has 1 fully saturated rings. The zero-order chi connectivity index (χ0) is 19.9. The van der Waals surface area contributed by atoms with Crippen molar-refractivity contribution in [3.05, 3.63) is 41.6 Å². The minimum atomic E-state index is -0.194. The van der Waals surface area contributed by atoms with Crippen LogP contribution in [0.4, 0.5) is 5.95 Å². The molecular formula is C21H28N4O3. The van der Waals surface area contributed by atoms with E-state index in [0.29, 0.717) is 18.4 Å². The van der Waals surface area contributed by atoms with Gasteiger partial charge in [-0.2, -0.15) is 4.98 Å². The Morgan fingerprint density at radius 1 is 1.21 bits per heavy atom. The Morgan fingerprint density at radius 3 is 2.61 bits per heavy atom. The van der Waals surface area contributed by atoms with Crippen LogP contribution in [0.15, 0.2) is 30.3 Å². The molecule has 1 saturated heterocycles. The molecule has 150 valence electrons. The highest BCUT2D eigenvalue weighted by Gasteiger charge is 2.19. The molecule has 1 amide bonds. The Kier molecular flexibility index (Phi) is 6.68. The quantitative estimate of drug-likeness (QED) is 0.791. The smallest absolute Gasteiger partial charge is 0.258 e. The van der Waals surface area contributed by atoms with Gasteiger partial charge in [-0.3, -0.25) is 4.79 Å². The van der Waals surface area contributed by atoms with Crippen LogP contribution in [0.25, 0.3) is 0 Å². The van der Waals surface area contributed by atoms with Gasteiger partial charge >= 0.3 is 0 Å². The molecule has 2 aromatic rings. The second-order valence-corrected chi connectivity index (χ2v) is 7.23. The SMILES string of the molecule is COc1ccc(CNC(=O)COc2cc(C)nc(N3CCC(C)CC3)n2)cc1. The third-order valence-corrected chi connectivity index (χ3v) is 4.89. The van der Waals surface area contributed by atoms with E-state index < -0.39 is 0 Å². The summed E-state index contributed by atoms with van der Waals surface area (Å²) in [7, 11) is 1.63. The summed E-state index contributed by atoms with van der Waals surface area (Å²) in [6.45, 7) is 6.44. The van der Waals surface area contributed by atoms with Crippen LogP contribution in [-0.4, -0.2) is 42.7 Å². The van der Waals surface area contributed by atoms with Crippen LogP contribution < -0.4 is 19.7 Å². The summed E-state index contributed by atoms with van der Waals surface area (Å²) >= 11 is 0. The highest BCUT2D eigenvalue weighted by molar-refractivity contribution is 5.77. The molecule has 0 radical (unpaired) electrons. The third-order valence-electron chi connectivity index (χ3n) is 4.89. The molecule has 7 nitrogen and oxygen atoms in total. The summed E-state index contributed by atoms with van der Waals surface area (Å²) < 4.78 is 10.7. The number of hydrogen-bond donors (Lipinski definition) is 1. The summed E-state index contributed by atoms with van der Waals surface area (Å²) in [5.74, 6) is 2.45. The van der Waals surface area contributed by atoms with Gasteiger partial charge in [0.05, 0.1) is 7.11 Å². The van der Waals surface area contributed by atoms with E-state index in [4.69, 9.17) is 9.47 Å². The lowest BCUT2D eigenvalue weighted by atomic mass is 10.00. The molecule has 0 spiro atoms. The lowest BCUT2D eigenvalue weighted by Crippen LogP contribution is -2.34. The van der Waals surface area contributed by atoms with Crippen molar-refractivity contribution in [3.8, 4) is 11.6 Å². The van der Waals surface area contributed by atoms with Gasteiger partial charge in [0.15, 0.2) is 6.61 Å². The van der Waals surface area contributed by atoms with E-state index in [1.165, 1.54) is 0 Å². The third kappa shape index (κ3) is 5.58. The number of aromatic nitrogens is 2. The average Bonchev–Trinajstić information content (AvgIpc) is 2.71.